The predicted octanol–water partition coefficient (Wildman–Crippen LogP) is 2.83. The molecule has 1 aromatic heterocycles. The number of nitrogens with zero attached hydrogens (tertiary/aromatic N) is 2. The molecule has 1 aliphatic rings. The van der Waals surface area contributed by atoms with Gasteiger partial charge in [0.25, 0.3) is 11.5 Å². The van der Waals surface area contributed by atoms with Gasteiger partial charge in [0.2, 0.25) is 5.91 Å². The lowest BCUT2D eigenvalue weighted by Crippen LogP contribution is -2.41. The number of anilines is 1. The van der Waals surface area contributed by atoms with Crippen LogP contribution in [-0.4, -0.2) is 53.8 Å². The molecule has 1 N–H and O–H groups in total. The third-order valence-corrected chi connectivity index (χ3v) is 5.93. The number of ether oxygens (including phenoxy) is 1. The number of para-hydroxylation sites is 1. The predicted molar refractivity (Wildman–Crippen MR) is 122 cm³/mol. The van der Waals surface area contributed by atoms with Crippen molar-refractivity contribution in [1.29, 1.82) is 0 Å². The lowest BCUT2D eigenvalue weighted by molar-refractivity contribution is -0.116. The van der Waals surface area contributed by atoms with Crippen molar-refractivity contribution in [2.45, 2.75) is 11.4 Å². The second-order valence-corrected chi connectivity index (χ2v) is 8.06. The fourth-order valence-electron chi connectivity index (χ4n) is 3.66. The number of nitrogens with one attached hydrogen (secondary N) is 1. The van der Waals surface area contributed by atoms with Gasteiger partial charge in [0.05, 0.1) is 24.3 Å². The number of carbonyl (C=O) groups is 2. The normalized spacial score (nSPS) is 13.9. The number of hydrogen-bond donors (Lipinski definition) is 1. The van der Waals surface area contributed by atoms with Gasteiger partial charge in [-0.05, 0) is 30.5 Å². The summed E-state index contributed by atoms with van der Waals surface area (Å²) in [7, 11) is 0. The number of thioether (sulfide) groups is 1. The molecule has 4 rings (SSSR count). The third kappa shape index (κ3) is 4.65. The second kappa shape index (κ2) is 9.36. The first-order valence-electron chi connectivity index (χ1n) is 10.0. The molecule has 0 saturated carbocycles. The molecule has 0 aliphatic carbocycles. The summed E-state index contributed by atoms with van der Waals surface area (Å²) in [6, 6.07) is 16.0. The van der Waals surface area contributed by atoms with E-state index in [4.69, 9.17) is 4.74 Å². The van der Waals surface area contributed by atoms with Crippen LogP contribution in [0.3, 0.4) is 0 Å². The van der Waals surface area contributed by atoms with E-state index in [0.717, 1.165) is 4.90 Å². The fraction of sp³-hybridized carbons (Fsp3) is 0.261. The van der Waals surface area contributed by atoms with Crippen LogP contribution >= 0.6 is 11.8 Å². The molecule has 2 aromatic carbocycles. The molecule has 0 bridgehead atoms. The molecule has 2 heterocycles. The molecule has 3 aromatic rings. The van der Waals surface area contributed by atoms with Crippen LogP contribution in [0.2, 0.25) is 0 Å². The van der Waals surface area contributed by atoms with Crippen molar-refractivity contribution in [3.63, 3.8) is 0 Å². The van der Waals surface area contributed by atoms with E-state index in [1.807, 2.05) is 36.6 Å². The van der Waals surface area contributed by atoms with Crippen molar-refractivity contribution in [3.8, 4) is 0 Å². The summed E-state index contributed by atoms with van der Waals surface area (Å²) in [5.74, 6) is -0.500. The quantitative estimate of drug-likeness (QED) is 0.621. The molecular formula is C23H23N3O4S. The number of benzene rings is 2. The monoisotopic (exact) mass is 437 g/mol. The van der Waals surface area contributed by atoms with E-state index in [2.05, 4.69) is 5.32 Å². The summed E-state index contributed by atoms with van der Waals surface area (Å²) in [6.07, 6.45) is 1.96. The minimum absolute atomic E-state index is 0.144. The largest absolute Gasteiger partial charge is 0.378 e. The van der Waals surface area contributed by atoms with Crippen molar-refractivity contribution >= 4 is 40.2 Å². The summed E-state index contributed by atoms with van der Waals surface area (Å²) in [5, 5.41) is 3.49. The van der Waals surface area contributed by atoms with Crippen molar-refractivity contribution < 1.29 is 14.3 Å². The Hall–Kier alpha value is -3.10. The fourth-order valence-corrected chi connectivity index (χ4v) is 4.12. The summed E-state index contributed by atoms with van der Waals surface area (Å²) in [6.45, 7) is 1.81. The number of rotatable bonds is 5. The van der Waals surface area contributed by atoms with Gasteiger partial charge in [0.1, 0.15) is 6.54 Å². The molecule has 7 nitrogen and oxygen atoms in total. The maximum absolute atomic E-state index is 13.0. The molecule has 0 unspecified atom stereocenters. The number of pyridine rings is 1. The van der Waals surface area contributed by atoms with Gasteiger partial charge in [0, 0.05) is 35.1 Å². The van der Waals surface area contributed by atoms with Crippen LogP contribution in [-0.2, 0) is 16.1 Å². The second-order valence-electron chi connectivity index (χ2n) is 7.18. The molecule has 8 heteroatoms. The smallest absolute Gasteiger partial charge is 0.254 e. The molecule has 1 fully saturated rings. The minimum atomic E-state index is -0.386. The zero-order valence-electron chi connectivity index (χ0n) is 17.2. The van der Waals surface area contributed by atoms with Crippen LogP contribution in [0.5, 0.6) is 0 Å². The van der Waals surface area contributed by atoms with E-state index >= 15 is 0 Å². The Morgan fingerprint density at radius 2 is 1.84 bits per heavy atom. The van der Waals surface area contributed by atoms with E-state index in [1.165, 1.54) is 10.6 Å². The lowest BCUT2D eigenvalue weighted by Gasteiger charge is -2.27. The summed E-state index contributed by atoms with van der Waals surface area (Å²) in [5.41, 5.74) is 1.20. The average Bonchev–Trinajstić information content (AvgIpc) is 2.81. The first kappa shape index (κ1) is 21.1. The molecule has 31 heavy (non-hydrogen) atoms. The summed E-state index contributed by atoms with van der Waals surface area (Å²) in [4.78, 5) is 41.4. The van der Waals surface area contributed by atoms with Crippen LogP contribution in [0.25, 0.3) is 10.9 Å². The van der Waals surface area contributed by atoms with Crippen LogP contribution < -0.4 is 10.9 Å². The first-order chi connectivity index (χ1) is 15.1. The Kier molecular flexibility index (Phi) is 6.39. The molecular weight excluding hydrogens is 414 g/mol. The number of hydrogen-bond acceptors (Lipinski definition) is 5. The molecule has 1 aliphatic heterocycles. The molecule has 0 atom stereocenters. The molecule has 0 spiro atoms. The van der Waals surface area contributed by atoms with Gasteiger partial charge in [-0.2, -0.15) is 0 Å². The van der Waals surface area contributed by atoms with Crippen LogP contribution in [0.1, 0.15) is 10.4 Å². The van der Waals surface area contributed by atoms with Crippen LogP contribution in [0.4, 0.5) is 5.69 Å². The highest BCUT2D eigenvalue weighted by molar-refractivity contribution is 7.98. The number of aromatic nitrogens is 1. The van der Waals surface area contributed by atoms with E-state index in [-0.39, 0.29) is 23.9 Å². The number of fused-ring (bicyclic) bond motifs is 1. The Balaban J connectivity index is 1.64. The van der Waals surface area contributed by atoms with E-state index in [1.54, 1.807) is 34.9 Å². The highest BCUT2D eigenvalue weighted by Crippen LogP contribution is 2.21. The van der Waals surface area contributed by atoms with Gasteiger partial charge in [0.15, 0.2) is 0 Å². The molecule has 160 valence electrons. The average molecular weight is 438 g/mol. The number of carbonyl (C=O) groups excluding carboxylic acids is 2. The molecule has 1 saturated heterocycles. The van der Waals surface area contributed by atoms with Gasteiger partial charge in [-0.3, -0.25) is 19.0 Å². The van der Waals surface area contributed by atoms with Crippen LogP contribution in [0.15, 0.2) is 64.3 Å². The standard InChI is InChI=1S/C23H23N3O4S/c1-31-17-6-4-5-16(13-17)24-21(27)15-26-20-8-3-2-7-18(20)19(14-22(26)28)23(29)25-9-11-30-12-10-25/h2-8,13-14H,9-12,15H2,1H3,(H,24,27). The van der Waals surface area contributed by atoms with E-state index in [0.29, 0.717) is 48.5 Å². The highest BCUT2D eigenvalue weighted by atomic mass is 32.2. The Morgan fingerprint density at radius 3 is 2.61 bits per heavy atom. The third-order valence-electron chi connectivity index (χ3n) is 5.20. The Bertz CT molecular complexity index is 1180. The van der Waals surface area contributed by atoms with E-state index in [9.17, 15) is 14.4 Å². The van der Waals surface area contributed by atoms with Crippen molar-refractivity contribution in [3.05, 3.63) is 70.5 Å². The van der Waals surface area contributed by atoms with Crippen LogP contribution in [0, 0.1) is 0 Å². The van der Waals surface area contributed by atoms with E-state index < -0.39 is 0 Å². The maximum atomic E-state index is 13.0. The molecule has 0 radical (unpaired) electrons. The lowest BCUT2D eigenvalue weighted by atomic mass is 10.1. The SMILES string of the molecule is CSc1cccc(NC(=O)Cn2c(=O)cc(C(=O)N3CCOCC3)c3ccccc32)c1. The molecule has 2 amide bonds. The first-order valence-corrected chi connectivity index (χ1v) is 11.2. The van der Waals surface area contributed by atoms with Gasteiger partial charge < -0.3 is 15.0 Å². The van der Waals surface area contributed by atoms with Gasteiger partial charge in [-0.1, -0.05) is 24.3 Å². The zero-order chi connectivity index (χ0) is 21.8. The van der Waals surface area contributed by atoms with Gasteiger partial charge >= 0.3 is 0 Å². The topological polar surface area (TPSA) is 80.6 Å². The van der Waals surface area contributed by atoms with Crippen molar-refractivity contribution in [2.75, 3.05) is 37.9 Å². The van der Waals surface area contributed by atoms with Crippen molar-refractivity contribution in [1.82, 2.24) is 9.47 Å². The Labute approximate surface area is 184 Å². The van der Waals surface area contributed by atoms with Crippen molar-refractivity contribution in [2.24, 2.45) is 0 Å². The minimum Gasteiger partial charge on any atom is -0.378 e. The summed E-state index contributed by atoms with van der Waals surface area (Å²) < 4.78 is 6.72. The highest BCUT2D eigenvalue weighted by Gasteiger charge is 2.22. The van der Waals surface area contributed by atoms with Gasteiger partial charge in [-0.15, -0.1) is 11.8 Å². The number of amides is 2. The zero-order valence-corrected chi connectivity index (χ0v) is 18.0. The van der Waals surface area contributed by atoms with Gasteiger partial charge in [-0.25, -0.2) is 0 Å². The Morgan fingerprint density at radius 1 is 1.06 bits per heavy atom. The maximum Gasteiger partial charge on any atom is 0.254 e. The number of morpholine rings is 1. The summed E-state index contributed by atoms with van der Waals surface area (Å²) >= 11 is 1.58.